The van der Waals surface area contributed by atoms with Crippen LogP contribution in [0.1, 0.15) is 84.0 Å². The van der Waals surface area contributed by atoms with Crippen molar-refractivity contribution in [2.45, 2.75) is 140 Å². The second-order valence-electron chi connectivity index (χ2n) is 14.2. The van der Waals surface area contributed by atoms with Crippen LogP contribution in [0.15, 0.2) is 0 Å². The summed E-state index contributed by atoms with van der Waals surface area (Å²) in [6.07, 6.45) is 13.4. The average molecular weight is 761 g/mol. The molecule has 0 bridgehead atoms. The van der Waals surface area contributed by atoms with Crippen LogP contribution in [0, 0.1) is 5.41 Å². The summed E-state index contributed by atoms with van der Waals surface area (Å²) in [6.45, 7) is 11.9. The number of rotatable bonds is 32. The summed E-state index contributed by atoms with van der Waals surface area (Å²) in [4.78, 5) is 0. The molecule has 0 N–H and O–H groups in total. The van der Waals surface area contributed by atoms with Crippen LogP contribution in [0.3, 0.4) is 0 Å². The summed E-state index contributed by atoms with van der Waals surface area (Å²) in [5.74, 6) is 0. The number of hydrogen-bond donors (Lipinski definition) is 0. The van der Waals surface area contributed by atoms with E-state index in [-0.39, 0.29) is 5.41 Å². The SMILES string of the molecule is CCCC[Si](C)(C)O[Si](C)(C)CCCCCC(CCC[Si](OC)(OC)OC)(CCC[Si](OC)(OC)OC)CCC[Si](OC)(OC)OC. The Morgan fingerprint density at radius 3 is 0.957 bits per heavy atom. The number of unbranched alkanes of at least 4 members (excludes halogenated alkanes) is 3. The maximum atomic E-state index is 6.91. The van der Waals surface area contributed by atoms with E-state index in [0.29, 0.717) is 0 Å². The highest BCUT2D eigenvalue weighted by molar-refractivity contribution is 6.84. The lowest BCUT2D eigenvalue weighted by molar-refractivity contribution is 0.111. The smallest absolute Gasteiger partial charge is 0.455 e. The molecule has 0 heterocycles. The third-order valence-corrected chi connectivity index (χ3v) is 26.1. The summed E-state index contributed by atoms with van der Waals surface area (Å²) >= 11 is 0. The van der Waals surface area contributed by atoms with Crippen molar-refractivity contribution in [3.05, 3.63) is 0 Å². The highest BCUT2D eigenvalue weighted by Crippen LogP contribution is 2.44. The van der Waals surface area contributed by atoms with Crippen LogP contribution in [0.4, 0.5) is 0 Å². The van der Waals surface area contributed by atoms with Gasteiger partial charge in [-0.15, -0.1) is 0 Å². The van der Waals surface area contributed by atoms with Crippen molar-refractivity contribution in [1.29, 1.82) is 0 Å². The van der Waals surface area contributed by atoms with E-state index >= 15 is 0 Å². The number of hydrogen-bond acceptors (Lipinski definition) is 10. The molecule has 0 saturated carbocycles. The predicted octanol–water partition coefficient (Wildman–Crippen LogP) is 8.74. The van der Waals surface area contributed by atoms with Crippen molar-refractivity contribution < 1.29 is 43.9 Å². The molecule has 0 aliphatic rings. The van der Waals surface area contributed by atoms with E-state index in [2.05, 4.69) is 33.1 Å². The highest BCUT2D eigenvalue weighted by atomic mass is 28.4. The van der Waals surface area contributed by atoms with Crippen LogP contribution < -0.4 is 0 Å². The molecular weight excluding hydrogens is 685 g/mol. The van der Waals surface area contributed by atoms with Crippen molar-refractivity contribution in [3.8, 4) is 0 Å². The third-order valence-electron chi connectivity index (χ3n) is 10.0. The summed E-state index contributed by atoms with van der Waals surface area (Å²) in [5, 5.41) is 0. The van der Waals surface area contributed by atoms with Gasteiger partial charge in [-0.1, -0.05) is 39.0 Å². The fraction of sp³-hybridized carbons (Fsp3) is 1.00. The van der Waals surface area contributed by atoms with Crippen molar-refractivity contribution in [2.75, 3.05) is 64.0 Å². The molecule has 0 radical (unpaired) electrons. The molecule has 47 heavy (non-hydrogen) atoms. The third kappa shape index (κ3) is 17.6. The Morgan fingerprint density at radius 2 is 0.660 bits per heavy atom. The molecular formula is C32H76O10Si5. The van der Waals surface area contributed by atoms with Crippen LogP contribution in [0.2, 0.25) is 56.4 Å². The first-order valence-electron chi connectivity index (χ1n) is 17.8. The van der Waals surface area contributed by atoms with Gasteiger partial charge in [-0.05, 0) is 88.6 Å². The van der Waals surface area contributed by atoms with Crippen LogP contribution in [-0.2, 0) is 43.9 Å². The van der Waals surface area contributed by atoms with E-state index in [0.717, 1.165) is 63.1 Å². The van der Waals surface area contributed by atoms with E-state index in [1.54, 1.807) is 64.0 Å². The van der Waals surface area contributed by atoms with Gasteiger partial charge in [0.1, 0.15) is 0 Å². The van der Waals surface area contributed by atoms with Gasteiger partial charge in [0.05, 0.1) is 0 Å². The molecule has 15 heteroatoms. The van der Waals surface area contributed by atoms with Gasteiger partial charge in [0.25, 0.3) is 0 Å². The zero-order valence-electron chi connectivity index (χ0n) is 33.1. The van der Waals surface area contributed by atoms with Gasteiger partial charge in [-0.25, -0.2) is 0 Å². The van der Waals surface area contributed by atoms with E-state index < -0.39 is 43.0 Å². The zero-order chi connectivity index (χ0) is 36.1. The Bertz CT molecular complexity index is 692. The van der Waals surface area contributed by atoms with Crippen LogP contribution >= 0.6 is 0 Å². The van der Waals surface area contributed by atoms with Crippen LogP contribution in [0.25, 0.3) is 0 Å². The average Bonchev–Trinajstić information content (AvgIpc) is 3.06. The van der Waals surface area contributed by atoms with Gasteiger partial charge in [0.15, 0.2) is 16.6 Å². The molecule has 0 rings (SSSR count). The molecule has 0 spiro atoms. The lowest BCUT2D eigenvalue weighted by Crippen LogP contribution is -2.44. The molecule has 0 saturated heterocycles. The maximum Gasteiger partial charge on any atom is 0.500 e. The summed E-state index contributed by atoms with van der Waals surface area (Å²) in [6, 6.07) is 4.84. The zero-order valence-corrected chi connectivity index (χ0v) is 38.1. The molecule has 0 aromatic heterocycles. The Labute approximate surface area is 295 Å². The van der Waals surface area contributed by atoms with Crippen molar-refractivity contribution in [3.63, 3.8) is 0 Å². The monoisotopic (exact) mass is 760 g/mol. The van der Waals surface area contributed by atoms with Gasteiger partial charge >= 0.3 is 26.4 Å². The summed E-state index contributed by atoms with van der Waals surface area (Å²) in [7, 11) is 3.94. The normalized spacial score (nSPS) is 13.9. The van der Waals surface area contributed by atoms with E-state index in [4.69, 9.17) is 43.9 Å². The molecule has 0 atom stereocenters. The van der Waals surface area contributed by atoms with Gasteiger partial charge in [-0.3, -0.25) is 0 Å². The second kappa shape index (κ2) is 24.0. The molecule has 0 fully saturated rings. The van der Waals surface area contributed by atoms with E-state index in [9.17, 15) is 0 Å². The van der Waals surface area contributed by atoms with E-state index in [1.165, 1.54) is 44.2 Å². The molecule has 0 unspecified atom stereocenters. The van der Waals surface area contributed by atoms with Crippen LogP contribution in [-0.4, -0.2) is 107 Å². The highest BCUT2D eigenvalue weighted by Gasteiger charge is 2.42. The van der Waals surface area contributed by atoms with E-state index in [1.807, 2.05) is 0 Å². The second-order valence-corrected chi connectivity index (χ2v) is 32.4. The topological polar surface area (TPSA) is 92.3 Å². The Hall–Kier alpha value is 0.684. The minimum atomic E-state index is -2.68. The van der Waals surface area contributed by atoms with Gasteiger partial charge in [-0.2, -0.15) is 0 Å². The fourth-order valence-corrected chi connectivity index (χ4v) is 21.4. The standard InChI is InChI=1S/C32H76O10Si5/c1-15-16-27-43(11,12)42-44(13,14)28-19-17-18-23-32(24-20-29-45(33-2,34-3)35-4,25-21-30-46(36-5,37-6)38-7)26-22-31-47(39-8,40-9)41-10/h15-31H2,1-14H3. The van der Waals surface area contributed by atoms with Gasteiger partial charge in [0.2, 0.25) is 0 Å². The Morgan fingerprint density at radius 1 is 0.362 bits per heavy atom. The van der Waals surface area contributed by atoms with Crippen molar-refractivity contribution in [1.82, 2.24) is 0 Å². The first-order chi connectivity index (χ1) is 22.1. The van der Waals surface area contributed by atoms with Crippen molar-refractivity contribution in [2.24, 2.45) is 5.41 Å². The molecule has 0 aliphatic heterocycles. The maximum absolute atomic E-state index is 6.91. The molecule has 0 aromatic carbocycles. The predicted molar refractivity (Wildman–Crippen MR) is 204 cm³/mol. The first-order valence-corrected chi connectivity index (χ1v) is 29.8. The van der Waals surface area contributed by atoms with Crippen LogP contribution in [0.5, 0.6) is 0 Å². The lowest BCUT2D eigenvalue weighted by Gasteiger charge is -2.37. The minimum Gasteiger partial charge on any atom is -0.455 e. The minimum absolute atomic E-state index is 0.110. The molecule has 284 valence electrons. The Balaban J connectivity index is 5.96. The molecule has 0 aliphatic carbocycles. The summed E-state index contributed by atoms with van der Waals surface area (Å²) < 4.78 is 59.0. The Kier molecular flexibility index (Phi) is 24.4. The molecule has 0 aromatic rings. The van der Waals surface area contributed by atoms with Crippen molar-refractivity contribution >= 4 is 43.0 Å². The quantitative estimate of drug-likeness (QED) is 0.0490. The largest absolute Gasteiger partial charge is 0.500 e. The van der Waals surface area contributed by atoms with Gasteiger partial charge in [0, 0.05) is 82.1 Å². The fourth-order valence-electron chi connectivity index (χ4n) is 7.14. The first kappa shape index (κ1) is 47.7. The van der Waals surface area contributed by atoms with Gasteiger partial charge < -0.3 is 43.9 Å². The molecule has 0 amide bonds. The summed E-state index contributed by atoms with van der Waals surface area (Å²) in [5.41, 5.74) is 0.110. The lowest BCUT2D eigenvalue weighted by atomic mass is 9.72. The molecule has 10 nitrogen and oxygen atoms in total.